The van der Waals surface area contributed by atoms with Crippen LogP contribution >= 0.6 is 0 Å². The highest BCUT2D eigenvalue weighted by molar-refractivity contribution is 7.91. The van der Waals surface area contributed by atoms with Gasteiger partial charge in [-0.25, -0.2) is 8.42 Å². The highest BCUT2D eigenvalue weighted by atomic mass is 32.2. The maximum Gasteiger partial charge on any atom is 0.150 e. The summed E-state index contributed by atoms with van der Waals surface area (Å²) < 4.78 is 23.6. The Morgan fingerprint density at radius 1 is 1.14 bits per heavy atom. The van der Waals surface area contributed by atoms with Crippen LogP contribution in [0.1, 0.15) is 51.9 Å². The second-order valence-corrected chi connectivity index (χ2v) is 9.28. The molecule has 0 bridgehead atoms. The number of sulfone groups is 1. The molecule has 0 spiro atoms. The predicted octanol–water partition coefficient (Wildman–Crippen LogP) is 2.05. The third-order valence-electron chi connectivity index (χ3n) is 5.23. The third kappa shape index (κ3) is 5.22. The average Bonchev–Trinajstić information content (AvgIpc) is 2.47. The molecule has 124 valence electrons. The number of rotatable bonds is 6. The Labute approximate surface area is 130 Å². The predicted molar refractivity (Wildman–Crippen MR) is 88.3 cm³/mol. The molecule has 1 aliphatic heterocycles. The second kappa shape index (κ2) is 7.93. The molecule has 1 saturated carbocycles. The van der Waals surface area contributed by atoms with Gasteiger partial charge in [-0.15, -0.1) is 0 Å². The van der Waals surface area contributed by atoms with Crippen molar-refractivity contribution in [2.24, 2.45) is 5.92 Å². The maximum atomic E-state index is 11.8. The van der Waals surface area contributed by atoms with E-state index < -0.39 is 9.84 Å². The summed E-state index contributed by atoms with van der Waals surface area (Å²) in [5, 5.41) is 3.43. The van der Waals surface area contributed by atoms with E-state index >= 15 is 0 Å². The van der Waals surface area contributed by atoms with Gasteiger partial charge in [0.05, 0.1) is 5.25 Å². The molecule has 2 unspecified atom stereocenters. The molecule has 21 heavy (non-hydrogen) atoms. The number of piperidine rings is 1. The number of hydrogen-bond donors (Lipinski definition) is 1. The van der Waals surface area contributed by atoms with E-state index in [1.807, 2.05) is 0 Å². The van der Waals surface area contributed by atoms with Crippen LogP contribution < -0.4 is 5.32 Å². The summed E-state index contributed by atoms with van der Waals surface area (Å²) in [5.41, 5.74) is 0. The highest BCUT2D eigenvalue weighted by Crippen LogP contribution is 2.30. The number of hydrogen-bond acceptors (Lipinski definition) is 4. The molecular formula is C16H32N2O2S. The summed E-state index contributed by atoms with van der Waals surface area (Å²) in [6.07, 6.45) is 9.11. The lowest BCUT2D eigenvalue weighted by Gasteiger charge is -2.41. The van der Waals surface area contributed by atoms with Gasteiger partial charge in [0.1, 0.15) is 9.84 Å². The number of likely N-dealkylation sites (tertiary alicyclic amines) is 1. The van der Waals surface area contributed by atoms with Gasteiger partial charge < -0.3 is 10.2 Å². The summed E-state index contributed by atoms with van der Waals surface area (Å²) in [7, 11) is -2.86. The van der Waals surface area contributed by atoms with Crippen molar-refractivity contribution in [2.45, 2.75) is 63.2 Å². The maximum absolute atomic E-state index is 11.8. The molecule has 1 heterocycles. The number of nitrogens with zero attached hydrogens (tertiary/aromatic N) is 1. The molecule has 2 rings (SSSR count). The van der Waals surface area contributed by atoms with Crippen molar-refractivity contribution in [1.82, 2.24) is 10.2 Å². The lowest BCUT2D eigenvalue weighted by Crippen LogP contribution is -2.46. The van der Waals surface area contributed by atoms with E-state index in [1.165, 1.54) is 31.9 Å². The third-order valence-corrected chi connectivity index (χ3v) is 6.87. The first-order valence-corrected chi connectivity index (χ1v) is 10.6. The van der Waals surface area contributed by atoms with Gasteiger partial charge in [0, 0.05) is 12.3 Å². The lowest BCUT2D eigenvalue weighted by molar-refractivity contribution is 0.107. The molecule has 1 saturated heterocycles. The number of nitrogens with one attached hydrogen (secondary N) is 1. The van der Waals surface area contributed by atoms with Crippen molar-refractivity contribution in [3.8, 4) is 0 Å². The van der Waals surface area contributed by atoms with Gasteiger partial charge in [-0.3, -0.25) is 0 Å². The van der Waals surface area contributed by atoms with Gasteiger partial charge >= 0.3 is 0 Å². The van der Waals surface area contributed by atoms with E-state index in [2.05, 4.69) is 17.1 Å². The molecule has 1 aliphatic carbocycles. The van der Waals surface area contributed by atoms with E-state index in [9.17, 15) is 8.42 Å². The van der Waals surface area contributed by atoms with Crippen molar-refractivity contribution in [3.63, 3.8) is 0 Å². The first-order valence-electron chi connectivity index (χ1n) is 8.64. The minimum Gasteiger partial charge on any atom is -0.316 e. The fraction of sp³-hybridized carbons (Fsp3) is 1.00. The molecule has 0 aromatic rings. The Kier molecular flexibility index (Phi) is 6.51. The van der Waals surface area contributed by atoms with Gasteiger partial charge in [0.2, 0.25) is 0 Å². The van der Waals surface area contributed by atoms with Crippen LogP contribution in [0.4, 0.5) is 0 Å². The molecule has 1 N–H and O–H groups in total. The smallest absolute Gasteiger partial charge is 0.150 e. The van der Waals surface area contributed by atoms with Gasteiger partial charge in [0.25, 0.3) is 0 Å². The quantitative estimate of drug-likeness (QED) is 0.762. The van der Waals surface area contributed by atoms with Gasteiger partial charge in [0.15, 0.2) is 0 Å². The zero-order chi connectivity index (χ0) is 15.3. The first-order chi connectivity index (χ1) is 10.0. The Morgan fingerprint density at radius 2 is 1.86 bits per heavy atom. The van der Waals surface area contributed by atoms with Crippen LogP contribution in [-0.4, -0.2) is 57.0 Å². The summed E-state index contributed by atoms with van der Waals surface area (Å²) >= 11 is 0. The summed E-state index contributed by atoms with van der Waals surface area (Å²) in [4.78, 5) is 2.56. The van der Waals surface area contributed by atoms with Crippen LogP contribution in [-0.2, 0) is 9.84 Å². The minimum atomic E-state index is -2.86. The monoisotopic (exact) mass is 316 g/mol. The van der Waals surface area contributed by atoms with Crippen molar-refractivity contribution < 1.29 is 8.42 Å². The molecular weight excluding hydrogens is 284 g/mol. The Hall–Kier alpha value is -0.130. The van der Waals surface area contributed by atoms with E-state index in [-0.39, 0.29) is 5.25 Å². The SMILES string of the molecule is CCCNCC1CCN(C2CCCC(S(C)(=O)=O)C2)CC1. The van der Waals surface area contributed by atoms with E-state index in [4.69, 9.17) is 0 Å². The largest absolute Gasteiger partial charge is 0.316 e. The topological polar surface area (TPSA) is 49.4 Å². The van der Waals surface area contributed by atoms with Crippen molar-refractivity contribution >= 4 is 9.84 Å². The molecule has 0 aromatic heterocycles. The summed E-state index contributed by atoms with van der Waals surface area (Å²) in [6, 6.07) is 0.503. The van der Waals surface area contributed by atoms with Crippen molar-refractivity contribution in [2.75, 3.05) is 32.4 Å². The molecule has 0 aromatic carbocycles. The van der Waals surface area contributed by atoms with Crippen LogP contribution in [0, 0.1) is 5.92 Å². The lowest BCUT2D eigenvalue weighted by atomic mass is 9.90. The zero-order valence-electron chi connectivity index (χ0n) is 13.7. The molecule has 2 atom stereocenters. The van der Waals surface area contributed by atoms with E-state index in [0.29, 0.717) is 6.04 Å². The molecule has 0 radical (unpaired) electrons. The summed E-state index contributed by atoms with van der Waals surface area (Å²) in [5.74, 6) is 0.807. The molecule has 2 fully saturated rings. The van der Waals surface area contributed by atoms with E-state index in [0.717, 1.165) is 51.4 Å². The van der Waals surface area contributed by atoms with Crippen LogP contribution in [0.3, 0.4) is 0 Å². The minimum absolute atomic E-state index is 0.0970. The Balaban J connectivity index is 1.76. The van der Waals surface area contributed by atoms with Gasteiger partial charge in [-0.05, 0) is 70.6 Å². The zero-order valence-corrected chi connectivity index (χ0v) is 14.5. The van der Waals surface area contributed by atoms with Crippen LogP contribution in [0.5, 0.6) is 0 Å². The van der Waals surface area contributed by atoms with Gasteiger partial charge in [-0.2, -0.15) is 0 Å². The first kappa shape index (κ1) is 17.2. The molecule has 2 aliphatic rings. The molecule has 4 nitrogen and oxygen atoms in total. The van der Waals surface area contributed by atoms with Crippen LogP contribution in [0.2, 0.25) is 0 Å². The average molecular weight is 317 g/mol. The van der Waals surface area contributed by atoms with Crippen molar-refractivity contribution in [1.29, 1.82) is 0 Å². The Bertz CT molecular complexity index is 403. The van der Waals surface area contributed by atoms with Crippen molar-refractivity contribution in [3.05, 3.63) is 0 Å². The fourth-order valence-corrected chi connectivity index (χ4v) is 5.01. The van der Waals surface area contributed by atoms with Gasteiger partial charge in [-0.1, -0.05) is 13.3 Å². The van der Waals surface area contributed by atoms with E-state index in [1.54, 1.807) is 0 Å². The Morgan fingerprint density at radius 3 is 2.48 bits per heavy atom. The highest BCUT2D eigenvalue weighted by Gasteiger charge is 2.33. The fourth-order valence-electron chi connectivity index (χ4n) is 3.85. The normalized spacial score (nSPS) is 29.6. The standard InChI is InChI=1S/C16H32N2O2S/c1-3-9-17-13-14-7-10-18(11-8-14)15-5-4-6-16(12-15)21(2,19)20/h14-17H,3-13H2,1-2H3. The summed E-state index contributed by atoms with van der Waals surface area (Å²) in [6.45, 7) is 6.79. The second-order valence-electron chi connectivity index (χ2n) is 6.96. The van der Waals surface area contributed by atoms with Crippen LogP contribution in [0.15, 0.2) is 0 Å². The molecule has 0 amide bonds. The molecule has 5 heteroatoms. The van der Waals surface area contributed by atoms with Crippen LogP contribution in [0.25, 0.3) is 0 Å².